The third-order valence-electron chi connectivity index (χ3n) is 3.53. The van der Waals surface area contributed by atoms with Gasteiger partial charge >= 0.3 is 5.97 Å². The number of benzene rings is 1. The largest absolute Gasteiger partial charge is 0.496 e. The molecule has 0 fully saturated rings. The lowest BCUT2D eigenvalue weighted by Crippen LogP contribution is -2.25. The van der Waals surface area contributed by atoms with Crippen LogP contribution in [0.1, 0.15) is 37.0 Å². The van der Waals surface area contributed by atoms with E-state index in [1.54, 1.807) is 14.0 Å². The molecule has 0 saturated carbocycles. The van der Waals surface area contributed by atoms with Crippen molar-refractivity contribution >= 4 is 5.97 Å². The molecule has 1 rings (SSSR count). The average molecular weight is 309 g/mol. The number of hydrogen-bond donors (Lipinski definition) is 1. The van der Waals surface area contributed by atoms with E-state index in [-0.39, 0.29) is 5.97 Å². The van der Waals surface area contributed by atoms with Gasteiger partial charge in [-0.05, 0) is 39.4 Å². The molecule has 0 aromatic heterocycles. The zero-order valence-electron chi connectivity index (χ0n) is 14.0. The smallest absolute Gasteiger partial charge is 0.307 e. The van der Waals surface area contributed by atoms with Crippen LogP contribution in [0, 0.1) is 6.92 Å². The minimum atomic E-state index is -0.583. The van der Waals surface area contributed by atoms with Gasteiger partial charge in [0.2, 0.25) is 0 Å². The van der Waals surface area contributed by atoms with Crippen LogP contribution in [0.4, 0.5) is 0 Å². The number of ether oxygens (including phenoxy) is 2. The van der Waals surface area contributed by atoms with Crippen LogP contribution in [0.15, 0.2) is 18.2 Å². The van der Waals surface area contributed by atoms with Crippen LogP contribution < -0.4 is 4.74 Å². The highest BCUT2D eigenvalue weighted by atomic mass is 16.5. The molecule has 0 radical (unpaired) electrons. The number of carbonyl (C=O) groups is 1. The molecule has 0 heterocycles. The van der Waals surface area contributed by atoms with E-state index in [1.165, 1.54) is 0 Å². The second-order valence-electron chi connectivity index (χ2n) is 5.41. The van der Waals surface area contributed by atoms with Crippen LogP contribution in [0.3, 0.4) is 0 Å². The van der Waals surface area contributed by atoms with Crippen LogP contribution in [-0.4, -0.2) is 49.8 Å². The Morgan fingerprint density at radius 2 is 2.09 bits per heavy atom. The van der Waals surface area contributed by atoms with Gasteiger partial charge in [0.15, 0.2) is 0 Å². The number of aryl methyl sites for hydroxylation is 1. The zero-order valence-corrected chi connectivity index (χ0v) is 14.0. The fraction of sp³-hybridized carbons (Fsp3) is 0.588. The third kappa shape index (κ3) is 6.03. The van der Waals surface area contributed by atoms with E-state index in [4.69, 9.17) is 9.47 Å². The molecule has 0 spiro atoms. The Balaban J connectivity index is 2.47. The summed E-state index contributed by atoms with van der Waals surface area (Å²) in [5.74, 6) is 0.516. The summed E-state index contributed by atoms with van der Waals surface area (Å²) in [4.78, 5) is 13.3. The summed E-state index contributed by atoms with van der Waals surface area (Å²) in [6.45, 7) is 5.51. The lowest BCUT2D eigenvalue weighted by molar-refractivity contribution is -0.143. The van der Waals surface area contributed by atoms with Crippen molar-refractivity contribution in [1.82, 2.24) is 4.90 Å². The number of nitrogens with zero attached hydrogens (tertiary/aromatic N) is 1. The van der Waals surface area contributed by atoms with E-state index in [1.807, 2.05) is 37.1 Å². The summed E-state index contributed by atoms with van der Waals surface area (Å²) >= 11 is 0. The number of methoxy groups -OCH3 is 1. The first-order chi connectivity index (χ1) is 10.5. The van der Waals surface area contributed by atoms with E-state index in [0.29, 0.717) is 38.3 Å². The quantitative estimate of drug-likeness (QED) is 0.709. The predicted octanol–water partition coefficient (Wildman–Crippen LogP) is 2.31. The van der Waals surface area contributed by atoms with Crippen LogP contribution in [0.2, 0.25) is 0 Å². The van der Waals surface area contributed by atoms with Gasteiger partial charge < -0.3 is 19.5 Å². The maximum Gasteiger partial charge on any atom is 0.307 e. The number of aliphatic hydroxyl groups excluding tert-OH is 1. The Labute approximate surface area is 132 Å². The molecule has 5 heteroatoms. The first-order valence-electron chi connectivity index (χ1n) is 7.64. The van der Waals surface area contributed by atoms with Crippen molar-refractivity contribution in [2.45, 2.75) is 32.8 Å². The van der Waals surface area contributed by atoms with Gasteiger partial charge in [-0.25, -0.2) is 0 Å². The summed E-state index contributed by atoms with van der Waals surface area (Å²) < 4.78 is 10.2. The molecule has 1 atom stereocenters. The minimum Gasteiger partial charge on any atom is -0.496 e. The van der Waals surface area contributed by atoms with Gasteiger partial charge in [-0.1, -0.05) is 11.6 Å². The first kappa shape index (κ1) is 18.5. The van der Waals surface area contributed by atoms with Gasteiger partial charge in [0.25, 0.3) is 0 Å². The predicted molar refractivity (Wildman–Crippen MR) is 86.1 cm³/mol. The third-order valence-corrected chi connectivity index (χ3v) is 3.53. The number of rotatable bonds is 9. The number of carbonyl (C=O) groups excluding carboxylic acids is 1. The summed E-state index contributed by atoms with van der Waals surface area (Å²) in [5, 5.41) is 10.4. The van der Waals surface area contributed by atoms with Gasteiger partial charge in [-0.15, -0.1) is 0 Å². The SMILES string of the molecule is CCOC(=O)CCN(C)CCC(O)c1cc(C)ccc1OC. The number of esters is 1. The molecule has 22 heavy (non-hydrogen) atoms. The van der Waals surface area contributed by atoms with E-state index in [0.717, 1.165) is 11.1 Å². The van der Waals surface area contributed by atoms with Crippen molar-refractivity contribution < 1.29 is 19.4 Å². The molecule has 1 aromatic rings. The fourth-order valence-electron chi connectivity index (χ4n) is 2.24. The highest BCUT2D eigenvalue weighted by Gasteiger charge is 2.14. The Hall–Kier alpha value is -1.59. The zero-order chi connectivity index (χ0) is 16.5. The lowest BCUT2D eigenvalue weighted by Gasteiger charge is -2.20. The minimum absolute atomic E-state index is 0.185. The fourth-order valence-corrected chi connectivity index (χ4v) is 2.24. The molecule has 1 N–H and O–H groups in total. The van der Waals surface area contributed by atoms with Crippen molar-refractivity contribution in [2.75, 3.05) is 33.9 Å². The molecule has 0 aliphatic rings. The van der Waals surface area contributed by atoms with Crippen molar-refractivity contribution in [1.29, 1.82) is 0 Å². The standard InChI is InChI=1S/C17H27NO4/c1-5-22-17(20)9-11-18(3)10-8-15(19)14-12-13(2)6-7-16(14)21-4/h6-7,12,15,19H,5,8-11H2,1-4H3. The summed E-state index contributed by atoms with van der Waals surface area (Å²) in [7, 11) is 3.53. The number of aliphatic hydroxyl groups is 1. The van der Waals surface area contributed by atoms with Gasteiger partial charge in [-0.2, -0.15) is 0 Å². The van der Waals surface area contributed by atoms with Gasteiger partial charge in [0.05, 0.1) is 26.2 Å². The van der Waals surface area contributed by atoms with E-state index < -0.39 is 6.10 Å². The van der Waals surface area contributed by atoms with Crippen molar-refractivity contribution in [3.63, 3.8) is 0 Å². The molecule has 0 amide bonds. The molecule has 0 aliphatic heterocycles. The van der Waals surface area contributed by atoms with Crippen molar-refractivity contribution in [2.24, 2.45) is 0 Å². The van der Waals surface area contributed by atoms with Crippen LogP contribution >= 0.6 is 0 Å². The van der Waals surface area contributed by atoms with E-state index >= 15 is 0 Å². The maximum atomic E-state index is 11.3. The summed E-state index contributed by atoms with van der Waals surface area (Å²) in [6, 6.07) is 5.78. The van der Waals surface area contributed by atoms with Crippen molar-refractivity contribution in [3.8, 4) is 5.75 Å². The lowest BCUT2D eigenvalue weighted by atomic mass is 10.0. The van der Waals surface area contributed by atoms with Crippen LogP contribution in [-0.2, 0) is 9.53 Å². The van der Waals surface area contributed by atoms with Gasteiger partial charge in [0.1, 0.15) is 5.75 Å². The monoisotopic (exact) mass is 309 g/mol. The van der Waals surface area contributed by atoms with Crippen LogP contribution in [0.25, 0.3) is 0 Å². The maximum absolute atomic E-state index is 11.3. The Kier molecular flexibility index (Phi) is 7.91. The highest BCUT2D eigenvalue weighted by molar-refractivity contribution is 5.69. The second-order valence-corrected chi connectivity index (χ2v) is 5.41. The van der Waals surface area contributed by atoms with Gasteiger partial charge in [-0.3, -0.25) is 4.79 Å². The molecule has 5 nitrogen and oxygen atoms in total. The Morgan fingerprint density at radius 3 is 2.73 bits per heavy atom. The summed E-state index contributed by atoms with van der Waals surface area (Å²) in [6.07, 6.45) is 0.368. The van der Waals surface area contributed by atoms with Crippen molar-refractivity contribution in [3.05, 3.63) is 29.3 Å². The Morgan fingerprint density at radius 1 is 1.36 bits per heavy atom. The second kappa shape index (κ2) is 9.43. The topological polar surface area (TPSA) is 59.0 Å². The Bertz CT molecular complexity index is 476. The molecule has 0 bridgehead atoms. The normalized spacial score (nSPS) is 12.3. The molecular formula is C17H27NO4. The molecular weight excluding hydrogens is 282 g/mol. The van der Waals surface area contributed by atoms with Crippen LogP contribution in [0.5, 0.6) is 5.75 Å². The highest BCUT2D eigenvalue weighted by Crippen LogP contribution is 2.28. The first-order valence-corrected chi connectivity index (χ1v) is 7.64. The summed E-state index contributed by atoms with van der Waals surface area (Å²) in [5.41, 5.74) is 1.90. The average Bonchev–Trinajstić information content (AvgIpc) is 2.50. The molecule has 1 unspecified atom stereocenters. The van der Waals surface area contributed by atoms with E-state index in [9.17, 15) is 9.90 Å². The molecule has 0 saturated heterocycles. The number of hydrogen-bond acceptors (Lipinski definition) is 5. The molecule has 124 valence electrons. The van der Waals surface area contributed by atoms with Gasteiger partial charge in [0, 0.05) is 18.7 Å². The van der Waals surface area contributed by atoms with E-state index in [2.05, 4.69) is 0 Å². The molecule has 1 aromatic carbocycles. The molecule has 0 aliphatic carbocycles.